The molecule has 0 atom stereocenters. The van der Waals surface area contributed by atoms with Gasteiger partial charge in [-0.25, -0.2) is 13.6 Å². The van der Waals surface area contributed by atoms with Crippen LogP contribution >= 0.6 is 0 Å². The van der Waals surface area contributed by atoms with E-state index in [1.165, 1.54) is 0 Å². The highest BCUT2D eigenvalue weighted by molar-refractivity contribution is 5.89. The van der Waals surface area contributed by atoms with Crippen LogP contribution in [0.25, 0.3) is 22.5 Å². The van der Waals surface area contributed by atoms with Crippen LogP contribution in [0.5, 0.6) is 0 Å². The Balaban J connectivity index is 1.47. The molecule has 5 nitrogen and oxygen atoms in total. The number of rotatable bonds is 4. The fraction of sp³-hybridized carbons (Fsp3) is 0.0526. The lowest BCUT2D eigenvalue weighted by Crippen LogP contribution is -2.08. The summed E-state index contributed by atoms with van der Waals surface area (Å²) in [6, 6.07) is 13.5. The first-order valence-electron chi connectivity index (χ1n) is 7.67. The summed E-state index contributed by atoms with van der Waals surface area (Å²) in [4.78, 5) is 11.9. The first-order chi connectivity index (χ1) is 12.6. The number of carbonyl (C=O) groups is 1. The second-order valence-corrected chi connectivity index (χ2v) is 5.53. The Morgan fingerprint density at radius 3 is 2.69 bits per heavy atom. The topological polar surface area (TPSA) is 65.5 Å². The monoisotopic (exact) mass is 355 g/mol. The van der Waals surface area contributed by atoms with E-state index in [1.54, 1.807) is 12.1 Å². The van der Waals surface area contributed by atoms with Crippen LogP contribution in [0.2, 0.25) is 0 Å². The predicted molar refractivity (Wildman–Crippen MR) is 87.2 cm³/mol. The minimum Gasteiger partial charge on any atom is -0.455 e. The maximum absolute atomic E-state index is 13.6. The van der Waals surface area contributed by atoms with Gasteiger partial charge in [-0.1, -0.05) is 23.4 Å². The van der Waals surface area contributed by atoms with Gasteiger partial charge in [0.1, 0.15) is 29.5 Å². The van der Waals surface area contributed by atoms with Gasteiger partial charge in [-0.05, 0) is 24.3 Å². The predicted octanol–water partition coefficient (Wildman–Crippen LogP) is 4.72. The van der Waals surface area contributed by atoms with Crippen molar-refractivity contribution in [3.8, 4) is 11.5 Å². The molecule has 2 aromatic heterocycles. The summed E-state index contributed by atoms with van der Waals surface area (Å²) >= 11 is 0. The molecule has 4 rings (SSSR count). The molecule has 0 saturated heterocycles. The fourth-order valence-corrected chi connectivity index (χ4v) is 2.47. The molecule has 0 N–H and O–H groups in total. The van der Waals surface area contributed by atoms with Crippen LogP contribution in [-0.4, -0.2) is 11.1 Å². The molecule has 0 unspecified atom stereocenters. The summed E-state index contributed by atoms with van der Waals surface area (Å²) in [5.41, 5.74) is 0.683. The zero-order chi connectivity index (χ0) is 18.1. The molecule has 4 aromatic rings. The summed E-state index contributed by atoms with van der Waals surface area (Å²) in [5, 5.41) is 4.71. The number of ether oxygens (including phenoxy) is 1. The highest BCUT2D eigenvalue weighted by Gasteiger charge is 2.16. The number of esters is 1. The molecular weight excluding hydrogens is 344 g/mol. The molecule has 0 spiro atoms. The third-order valence-corrected chi connectivity index (χ3v) is 3.73. The standard InChI is InChI=1S/C19H11F2NO4/c20-12-5-6-14(15(21)8-12)19(23)24-10-13-9-18(26-22-13)17-7-11-3-1-2-4-16(11)25-17/h1-9H,10H2. The van der Waals surface area contributed by atoms with Gasteiger partial charge in [-0.3, -0.25) is 0 Å². The number of nitrogens with zero attached hydrogens (tertiary/aromatic N) is 1. The van der Waals surface area contributed by atoms with Crippen LogP contribution in [0.3, 0.4) is 0 Å². The van der Waals surface area contributed by atoms with Crippen molar-refractivity contribution in [2.24, 2.45) is 0 Å². The van der Waals surface area contributed by atoms with Crippen LogP contribution in [0, 0.1) is 11.6 Å². The van der Waals surface area contributed by atoms with Crippen molar-refractivity contribution in [2.75, 3.05) is 0 Å². The van der Waals surface area contributed by atoms with Crippen LogP contribution in [0.15, 0.2) is 63.5 Å². The van der Waals surface area contributed by atoms with Gasteiger partial charge in [-0.2, -0.15) is 0 Å². The molecule has 0 bridgehead atoms. The Kier molecular flexibility index (Phi) is 3.96. The minimum absolute atomic E-state index is 0.223. The molecule has 2 aromatic carbocycles. The lowest BCUT2D eigenvalue weighted by molar-refractivity contribution is 0.0459. The Labute approximate surface area is 145 Å². The summed E-state index contributed by atoms with van der Waals surface area (Å²) in [6.45, 7) is -0.223. The Hall–Kier alpha value is -3.48. The molecule has 26 heavy (non-hydrogen) atoms. The third kappa shape index (κ3) is 3.06. The molecule has 0 radical (unpaired) electrons. The molecular formula is C19H11F2NO4. The third-order valence-electron chi connectivity index (χ3n) is 3.73. The van der Waals surface area contributed by atoms with Crippen LogP contribution < -0.4 is 0 Å². The van der Waals surface area contributed by atoms with Gasteiger partial charge in [0, 0.05) is 17.5 Å². The average molecular weight is 355 g/mol. The lowest BCUT2D eigenvalue weighted by atomic mass is 10.2. The molecule has 130 valence electrons. The number of carbonyl (C=O) groups excluding carboxylic acids is 1. The molecule has 0 aliphatic rings. The van der Waals surface area contributed by atoms with E-state index in [4.69, 9.17) is 13.7 Å². The van der Waals surface area contributed by atoms with Gasteiger partial charge < -0.3 is 13.7 Å². The van der Waals surface area contributed by atoms with E-state index >= 15 is 0 Å². The van der Waals surface area contributed by atoms with Crippen molar-refractivity contribution >= 4 is 16.9 Å². The molecule has 0 amide bonds. The number of fused-ring (bicyclic) bond motifs is 1. The van der Waals surface area contributed by atoms with Crippen molar-refractivity contribution in [3.05, 3.63) is 77.5 Å². The number of furan rings is 1. The number of hydrogen-bond acceptors (Lipinski definition) is 5. The zero-order valence-corrected chi connectivity index (χ0v) is 13.2. The van der Waals surface area contributed by atoms with Gasteiger partial charge >= 0.3 is 5.97 Å². The van der Waals surface area contributed by atoms with E-state index in [9.17, 15) is 13.6 Å². The van der Waals surface area contributed by atoms with Gasteiger partial charge in [0.2, 0.25) is 5.76 Å². The smallest absolute Gasteiger partial charge is 0.341 e. The van der Waals surface area contributed by atoms with Crippen molar-refractivity contribution in [3.63, 3.8) is 0 Å². The molecule has 0 aliphatic heterocycles. The maximum atomic E-state index is 13.6. The van der Waals surface area contributed by atoms with Gasteiger partial charge in [-0.15, -0.1) is 0 Å². The van der Waals surface area contributed by atoms with E-state index in [0.29, 0.717) is 28.9 Å². The van der Waals surface area contributed by atoms with Crippen molar-refractivity contribution < 1.29 is 27.3 Å². The molecule has 0 aliphatic carbocycles. The van der Waals surface area contributed by atoms with Crippen molar-refractivity contribution in [2.45, 2.75) is 6.61 Å². The van der Waals surface area contributed by atoms with Crippen LogP contribution in [-0.2, 0) is 11.3 Å². The number of para-hydroxylation sites is 1. The van der Waals surface area contributed by atoms with Gasteiger partial charge in [0.25, 0.3) is 0 Å². The summed E-state index contributed by atoms with van der Waals surface area (Å²) < 4.78 is 42.3. The first-order valence-corrected chi connectivity index (χ1v) is 7.67. The Bertz CT molecular complexity index is 1070. The highest BCUT2D eigenvalue weighted by atomic mass is 19.1. The quantitative estimate of drug-likeness (QED) is 0.496. The van der Waals surface area contributed by atoms with E-state index < -0.39 is 17.6 Å². The Morgan fingerprint density at radius 2 is 1.88 bits per heavy atom. The number of halogens is 2. The van der Waals surface area contributed by atoms with Crippen LogP contribution in [0.4, 0.5) is 8.78 Å². The minimum atomic E-state index is -0.988. The second-order valence-electron chi connectivity index (χ2n) is 5.53. The van der Waals surface area contributed by atoms with E-state index in [2.05, 4.69) is 5.16 Å². The van der Waals surface area contributed by atoms with Gasteiger partial charge in [0.05, 0.1) is 5.56 Å². The highest BCUT2D eigenvalue weighted by Crippen LogP contribution is 2.28. The largest absolute Gasteiger partial charge is 0.455 e. The second kappa shape index (κ2) is 6.44. The molecule has 7 heteroatoms. The SMILES string of the molecule is O=C(OCc1cc(-c2cc3ccccc3o2)on1)c1ccc(F)cc1F. The molecule has 0 fully saturated rings. The van der Waals surface area contributed by atoms with Crippen molar-refractivity contribution in [1.82, 2.24) is 5.16 Å². The zero-order valence-electron chi connectivity index (χ0n) is 13.2. The summed E-state index contributed by atoms with van der Waals surface area (Å²) in [5.74, 6) is -1.82. The van der Waals surface area contributed by atoms with Crippen LogP contribution in [0.1, 0.15) is 16.1 Å². The maximum Gasteiger partial charge on any atom is 0.341 e. The number of aromatic nitrogens is 1. The Morgan fingerprint density at radius 1 is 1.04 bits per heavy atom. The molecule has 0 saturated carbocycles. The summed E-state index contributed by atoms with van der Waals surface area (Å²) in [7, 11) is 0. The van der Waals surface area contributed by atoms with E-state index in [-0.39, 0.29) is 12.2 Å². The van der Waals surface area contributed by atoms with Crippen molar-refractivity contribution in [1.29, 1.82) is 0 Å². The lowest BCUT2D eigenvalue weighted by Gasteiger charge is -2.03. The normalized spacial score (nSPS) is 11.0. The average Bonchev–Trinajstić information content (AvgIpc) is 3.26. The van der Waals surface area contributed by atoms with E-state index in [1.807, 2.05) is 24.3 Å². The van der Waals surface area contributed by atoms with Gasteiger partial charge in [0.15, 0.2) is 5.76 Å². The fourth-order valence-electron chi connectivity index (χ4n) is 2.47. The number of benzene rings is 2. The summed E-state index contributed by atoms with van der Waals surface area (Å²) in [6.07, 6.45) is 0. The number of hydrogen-bond donors (Lipinski definition) is 0. The molecule has 2 heterocycles. The first kappa shape index (κ1) is 16.0. The van der Waals surface area contributed by atoms with E-state index in [0.717, 1.165) is 17.5 Å².